The van der Waals surface area contributed by atoms with Gasteiger partial charge < -0.3 is 0 Å². The number of rotatable bonds is 5. The van der Waals surface area contributed by atoms with Crippen LogP contribution in [0, 0.1) is 15.9 Å². The number of aromatic nitrogens is 2. The van der Waals surface area contributed by atoms with Gasteiger partial charge in [-0.1, -0.05) is 6.92 Å². The minimum atomic E-state index is -0.709. The fraction of sp³-hybridized carbons (Fsp3) is 0.286. The van der Waals surface area contributed by atoms with Crippen LogP contribution in [0.15, 0.2) is 24.4 Å². The highest BCUT2D eigenvalue weighted by atomic mass is 19.1. The quantitative estimate of drug-likeness (QED) is 0.480. The first-order chi connectivity index (χ1) is 9.97. The van der Waals surface area contributed by atoms with E-state index in [2.05, 4.69) is 5.10 Å². The molecule has 2 aromatic rings. The number of carbonyl (C=O) groups excluding carboxylic acids is 1. The Morgan fingerprint density at radius 2 is 2.24 bits per heavy atom. The molecule has 7 heteroatoms. The number of nitro groups is 1. The van der Waals surface area contributed by atoms with Gasteiger partial charge in [0.15, 0.2) is 6.29 Å². The number of nitro benzene ring substituents is 1. The average Bonchev–Trinajstić information content (AvgIpc) is 2.90. The Balaban J connectivity index is 2.64. The van der Waals surface area contributed by atoms with Crippen LogP contribution in [0.4, 0.5) is 10.1 Å². The molecule has 0 aliphatic heterocycles. The molecule has 1 unspecified atom stereocenters. The van der Waals surface area contributed by atoms with E-state index in [-0.39, 0.29) is 22.9 Å². The maximum Gasteiger partial charge on any atom is 0.281 e. The van der Waals surface area contributed by atoms with Crippen LogP contribution in [0.3, 0.4) is 0 Å². The lowest BCUT2D eigenvalue weighted by Crippen LogP contribution is -2.04. The summed E-state index contributed by atoms with van der Waals surface area (Å²) in [7, 11) is 0. The number of aldehydes is 1. The standard InChI is InChI=1S/C14H14FN3O3/c1-3-9(2)17-7-10(8-19)14(16-17)12-5-4-11(15)6-13(12)18(20)21/h4-9H,3H2,1-2H3. The van der Waals surface area contributed by atoms with Gasteiger partial charge in [0.05, 0.1) is 22.1 Å². The molecule has 1 atom stereocenters. The third-order valence-electron chi connectivity index (χ3n) is 3.34. The third-order valence-corrected chi connectivity index (χ3v) is 3.34. The van der Waals surface area contributed by atoms with Crippen molar-refractivity contribution >= 4 is 12.0 Å². The van der Waals surface area contributed by atoms with Crippen LogP contribution in [0.25, 0.3) is 11.3 Å². The molecule has 0 amide bonds. The topological polar surface area (TPSA) is 78.0 Å². The summed E-state index contributed by atoms with van der Waals surface area (Å²) in [6.07, 6.45) is 2.93. The van der Waals surface area contributed by atoms with E-state index < -0.39 is 16.4 Å². The van der Waals surface area contributed by atoms with Crippen LogP contribution in [0.1, 0.15) is 36.7 Å². The van der Waals surface area contributed by atoms with Gasteiger partial charge in [0.2, 0.25) is 0 Å². The first-order valence-corrected chi connectivity index (χ1v) is 6.46. The van der Waals surface area contributed by atoms with Crippen LogP contribution < -0.4 is 0 Å². The zero-order chi connectivity index (χ0) is 15.6. The molecule has 0 aliphatic carbocycles. The maximum absolute atomic E-state index is 13.2. The lowest BCUT2D eigenvalue weighted by atomic mass is 10.1. The Bertz CT molecular complexity index is 697. The largest absolute Gasteiger partial charge is 0.298 e. The van der Waals surface area contributed by atoms with Gasteiger partial charge in [-0.05, 0) is 25.5 Å². The summed E-state index contributed by atoms with van der Waals surface area (Å²) in [5.74, 6) is -0.709. The molecule has 0 saturated carbocycles. The Morgan fingerprint density at radius 3 is 2.81 bits per heavy atom. The summed E-state index contributed by atoms with van der Waals surface area (Å²) in [5.41, 5.74) is 0.153. The van der Waals surface area contributed by atoms with Crippen molar-refractivity contribution in [3.05, 3.63) is 45.9 Å². The Hall–Kier alpha value is -2.57. The summed E-state index contributed by atoms with van der Waals surface area (Å²) < 4.78 is 14.8. The van der Waals surface area contributed by atoms with E-state index in [9.17, 15) is 19.3 Å². The van der Waals surface area contributed by atoms with Gasteiger partial charge in [-0.3, -0.25) is 19.6 Å². The number of hydrogen-bond donors (Lipinski definition) is 0. The van der Waals surface area contributed by atoms with E-state index in [4.69, 9.17) is 0 Å². The van der Waals surface area contributed by atoms with E-state index >= 15 is 0 Å². The molecule has 0 radical (unpaired) electrons. The number of halogens is 1. The van der Waals surface area contributed by atoms with Crippen molar-refractivity contribution in [1.29, 1.82) is 0 Å². The molecule has 0 aliphatic rings. The SMILES string of the molecule is CCC(C)n1cc(C=O)c(-c2ccc(F)cc2[N+](=O)[O-])n1. The monoisotopic (exact) mass is 291 g/mol. The Labute approximate surface area is 120 Å². The number of hydrogen-bond acceptors (Lipinski definition) is 4. The van der Waals surface area contributed by atoms with Crippen LogP contribution in [0.5, 0.6) is 0 Å². The van der Waals surface area contributed by atoms with Gasteiger partial charge in [0, 0.05) is 12.2 Å². The molecule has 110 valence electrons. The third kappa shape index (κ3) is 2.81. The normalized spacial score (nSPS) is 12.1. The van der Waals surface area contributed by atoms with Gasteiger partial charge in [0.1, 0.15) is 11.5 Å². The molecule has 0 saturated heterocycles. The molecular weight excluding hydrogens is 277 g/mol. The molecule has 21 heavy (non-hydrogen) atoms. The lowest BCUT2D eigenvalue weighted by Gasteiger charge is -2.08. The highest BCUT2D eigenvalue weighted by molar-refractivity contribution is 5.88. The summed E-state index contributed by atoms with van der Waals surface area (Å²) in [4.78, 5) is 21.6. The molecule has 6 nitrogen and oxygen atoms in total. The van der Waals surface area contributed by atoms with E-state index in [0.29, 0.717) is 6.29 Å². The lowest BCUT2D eigenvalue weighted by molar-refractivity contribution is -0.384. The van der Waals surface area contributed by atoms with E-state index in [1.807, 2.05) is 13.8 Å². The summed E-state index contributed by atoms with van der Waals surface area (Å²) in [6, 6.07) is 3.26. The molecule has 2 rings (SSSR count). The number of carbonyl (C=O) groups is 1. The predicted molar refractivity (Wildman–Crippen MR) is 74.7 cm³/mol. The first-order valence-electron chi connectivity index (χ1n) is 6.46. The minimum absolute atomic E-state index is 0.0527. The molecule has 0 bridgehead atoms. The van der Waals surface area contributed by atoms with Crippen molar-refractivity contribution in [3.8, 4) is 11.3 Å². The van der Waals surface area contributed by atoms with E-state index in [1.165, 1.54) is 6.07 Å². The molecule has 0 spiro atoms. The predicted octanol–water partition coefficient (Wildman–Crippen LogP) is 3.38. The maximum atomic E-state index is 13.2. The van der Waals surface area contributed by atoms with E-state index in [1.54, 1.807) is 10.9 Å². The fourth-order valence-electron chi connectivity index (χ4n) is 1.97. The Morgan fingerprint density at radius 1 is 1.52 bits per heavy atom. The van der Waals surface area contributed by atoms with Crippen molar-refractivity contribution in [2.24, 2.45) is 0 Å². The van der Waals surface area contributed by atoms with Crippen molar-refractivity contribution in [2.45, 2.75) is 26.3 Å². The van der Waals surface area contributed by atoms with Crippen molar-refractivity contribution in [3.63, 3.8) is 0 Å². The van der Waals surface area contributed by atoms with Gasteiger partial charge in [-0.2, -0.15) is 5.10 Å². The molecule has 1 heterocycles. The van der Waals surface area contributed by atoms with Crippen LogP contribution in [-0.4, -0.2) is 21.0 Å². The first kappa shape index (κ1) is 14.8. The Kier molecular flexibility index (Phi) is 4.11. The second-order valence-electron chi connectivity index (χ2n) is 4.71. The molecular formula is C14H14FN3O3. The van der Waals surface area contributed by atoms with Crippen molar-refractivity contribution in [1.82, 2.24) is 9.78 Å². The smallest absolute Gasteiger partial charge is 0.281 e. The zero-order valence-corrected chi connectivity index (χ0v) is 11.6. The van der Waals surface area contributed by atoms with Crippen molar-refractivity contribution in [2.75, 3.05) is 0 Å². The fourth-order valence-corrected chi connectivity index (χ4v) is 1.97. The summed E-state index contributed by atoms with van der Waals surface area (Å²) >= 11 is 0. The van der Waals surface area contributed by atoms with Gasteiger partial charge in [-0.25, -0.2) is 4.39 Å². The van der Waals surface area contributed by atoms with Gasteiger partial charge in [-0.15, -0.1) is 0 Å². The van der Waals surface area contributed by atoms with E-state index in [0.717, 1.165) is 18.6 Å². The summed E-state index contributed by atoms with van der Waals surface area (Å²) in [6.45, 7) is 3.89. The van der Waals surface area contributed by atoms with Crippen LogP contribution in [-0.2, 0) is 0 Å². The highest BCUT2D eigenvalue weighted by Gasteiger charge is 2.22. The van der Waals surface area contributed by atoms with Crippen LogP contribution in [0.2, 0.25) is 0 Å². The highest BCUT2D eigenvalue weighted by Crippen LogP contribution is 2.32. The second kappa shape index (κ2) is 5.82. The summed E-state index contributed by atoms with van der Waals surface area (Å²) in [5, 5.41) is 15.3. The zero-order valence-electron chi connectivity index (χ0n) is 11.6. The number of nitrogens with zero attached hydrogens (tertiary/aromatic N) is 3. The molecule has 0 fully saturated rings. The van der Waals surface area contributed by atoms with Gasteiger partial charge in [0.25, 0.3) is 5.69 Å². The minimum Gasteiger partial charge on any atom is -0.298 e. The number of benzene rings is 1. The molecule has 1 aromatic carbocycles. The second-order valence-corrected chi connectivity index (χ2v) is 4.71. The molecule has 0 N–H and O–H groups in total. The van der Waals surface area contributed by atoms with Gasteiger partial charge >= 0.3 is 0 Å². The van der Waals surface area contributed by atoms with Crippen LogP contribution >= 0.6 is 0 Å². The average molecular weight is 291 g/mol. The van der Waals surface area contributed by atoms with Crippen molar-refractivity contribution < 1.29 is 14.1 Å². The molecule has 1 aromatic heterocycles.